The van der Waals surface area contributed by atoms with Gasteiger partial charge in [-0.05, 0) is 39.5 Å². The molecule has 2 rings (SSSR count). The lowest BCUT2D eigenvalue weighted by atomic mass is 10.1. The van der Waals surface area contributed by atoms with Crippen LogP contribution in [-0.4, -0.2) is 15.1 Å². The molecular formula is C22H31NSi. The van der Waals surface area contributed by atoms with E-state index >= 15 is 0 Å². The molecular weight excluding hydrogens is 306 g/mol. The number of anilines is 1. The Kier molecular flexibility index (Phi) is 5.77. The minimum Gasteiger partial charge on any atom is -0.387 e. The highest BCUT2D eigenvalue weighted by Gasteiger charge is 2.41. The molecule has 0 amide bonds. The van der Waals surface area contributed by atoms with Gasteiger partial charge in [0.15, 0.2) is 0 Å². The van der Waals surface area contributed by atoms with E-state index in [0.29, 0.717) is 16.6 Å². The molecule has 0 saturated carbocycles. The zero-order chi connectivity index (χ0) is 17.9. The van der Waals surface area contributed by atoms with Gasteiger partial charge in [0.25, 0.3) is 0 Å². The van der Waals surface area contributed by atoms with E-state index < -0.39 is 8.07 Å². The molecule has 0 aliphatic rings. The van der Waals surface area contributed by atoms with Crippen molar-refractivity contribution < 1.29 is 0 Å². The second-order valence-electron chi connectivity index (χ2n) is 7.64. The van der Waals surface area contributed by atoms with Crippen molar-refractivity contribution in [3.8, 4) is 11.5 Å². The fraction of sp³-hybridized carbons (Fsp3) is 0.455. The lowest BCUT2D eigenvalue weighted by Gasteiger charge is -2.38. The number of benzene rings is 2. The molecule has 0 unspecified atom stereocenters. The molecule has 0 saturated heterocycles. The van der Waals surface area contributed by atoms with Gasteiger partial charge in [-0.2, -0.15) is 0 Å². The fourth-order valence-electron chi connectivity index (χ4n) is 4.16. The zero-order valence-electron chi connectivity index (χ0n) is 16.2. The Morgan fingerprint density at radius 3 is 1.79 bits per heavy atom. The Morgan fingerprint density at radius 1 is 0.833 bits per heavy atom. The van der Waals surface area contributed by atoms with Crippen molar-refractivity contribution in [1.29, 1.82) is 0 Å². The lowest BCUT2D eigenvalue weighted by Crippen LogP contribution is -2.43. The lowest BCUT2D eigenvalue weighted by molar-refractivity contribution is 0.838. The van der Waals surface area contributed by atoms with Crippen LogP contribution in [0.5, 0.6) is 0 Å². The van der Waals surface area contributed by atoms with Crippen molar-refractivity contribution in [3.63, 3.8) is 0 Å². The summed E-state index contributed by atoms with van der Waals surface area (Å²) in [5.41, 5.74) is 8.05. The zero-order valence-corrected chi connectivity index (χ0v) is 17.2. The molecule has 24 heavy (non-hydrogen) atoms. The SMILES string of the molecule is CNc1cc2ccccc2cc1C#C[Si](C(C)C)(C(C)C)C(C)C. The van der Waals surface area contributed by atoms with Gasteiger partial charge in [0.2, 0.25) is 0 Å². The molecule has 128 valence electrons. The highest BCUT2D eigenvalue weighted by atomic mass is 28.3. The van der Waals surface area contributed by atoms with Crippen molar-refractivity contribution in [1.82, 2.24) is 0 Å². The minimum absolute atomic E-state index is 0.656. The van der Waals surface area contributed by atoms with E-state index in [1.807, 2.05) is 7.05 Å². The van der Waals surface area contributed by atoms with Crippen LogP contribution in [-0.2, 0) is 0 Å². The van der Waals surface area contributed by atoms with E-state index in [1.165, 1.54) is 10.8 Å². The fourth-order valence-corrected chi connectivity index (χ4v) is 9.38. The molecule has 0 aliphatic carbocycles. The van der Waals surface area contributed by atoms with E-state index in [0.717, 1.165) is 11.3 Å². The summed E-state index contributed by atoms with van der Waals surface area (Å²) in [5.74, 6) is 3.59. The van der Waals surface area contributed by atoms with Crippen LogP contribution in [0.25, 0.3) is 10.8 Å². The van der Waals surface area contributed by atoms with E-state index in [1.54, 1.807) is 0 Å². The van der Waals surface area contributed by atoms with Crippen molar-refractivity contribution in [2.24, 2.45) is 0 Å². The summed E-state index contributed by atoms with van der Waals surface area (Å²) >= 11 is 0. The van der Waals surface area contributed by atoms with Gasteiger partial charge in [0.1, 0.15) is 8.07 Å². The van der Waals surface area contributed by atoms with Crippen molar-refractivity contribution in [3.05, 3.63) is 42.0 Å². The maximum Gasteiger partial charge on any atom is 0.146 e. The second kappa shape index (κ2) is 7.45. The molecule has 2 aromatic rings. The molecule has 0 heterocycles. The molecule has 0 aromatic heterocycles. The summed E-state index contributed by atoms with van der Waals surface area (Å²) in [5, 5.41) is 5.84. The maximum absolute atomic E-state index is 3.84. The van der Waals surface area contributed by atoms with Gasteiger partial charge in [-0.1, -0.05) is 71.7 Å². The third kappa shape index (κ3) is 3.37. The first-order valence-corrected chi connectivity index (χ1v) is 11.3. The Hall–Kier alpha value is -1.72. The Bertz CT molecular complexity index is 741. The van der Waals surface area contributed by atoms with Crippen LogP contribution < -0.4 is 5.32 Å². The highest BCUT2D eigenvalue weighted by Crippen LogP contribution is 2.41. The van der Waals surface area contributed by atoms with Gasteiger partial charge in [-0.15, -0.1) is 5.54 Å². The minimum atomic E-state index is -1.70. The molecule has 0 spiro atoms. The van der Waals surface area contributed by atoms with E-state index in [-0.39, 0.29) is 0 Å². The van der Waals surface area contributed by atoms with E-state index in [9.17, 15) is 0 Å². The number of hydrogen-bond donors (Lipinski definition) is 1. The average molecular weight is 338 g/mol. The predicted molar refractivity (Wildman–Crippen MR) is 111 cm³/mol. The van der Waals surface area contributed by atoms with Gasteiger partial charge in [-0.25, -0.2) is 0 Å². The van der Waals surface area contributed by atoms with Gasteiger partial charge in [0.05, 0.1) is 5.69 Å². The number of rotatable bonds is 4. The van der Waals surface area contributed by atoms with Gasteiger partial charge < -0.3 is 5.32 Å². The van der Waals surface area contributed by atoms with Crippen LogP contribution in [0.15, 0.2) is 36.4 Å². The summed E-state index contributed by atoms with van der Waals surface area (Å²) in [6.07, 6.45) is 0. The topological polar surface area (TPSA) is 12.0 Å². The number of hydrogen-bond acceptors (Lipinski definition) is 1. The van der Waals surface area contributed by atoms with Gasteiger partial charge in [0, 0.05) is 12.6 Å². The molecule has 0 aliphatic heterocycles. The van der Waals surface area contributed by atoms with Crippen LogP contribution >= 0.6 is 0 Å². The summed E-state index contributed by atoms with van der Waals surface area (Å²) in [4.78, 5) is 0. The summed E-state index contributed by atoms with van der Waals surface area (Å²) in [6, 6.07) is 12.9. The first kappa shape index (κ1) is 18.6. The van der Waals surface area contributed by atoms with Crippen molar-refractivity contribution in [2.75, 3.05) is 12.4 Å². The van der Waals surface area contributed by atoms with E-state index in [4.69, 9.17) is 0 Å². The summed E-state index contributed by atoms with van der Waals surface area (Å²) < 4.78 is 0. The largest absolute Gasteiger partial charge is 0.387 e. The molecule has 2 heteroatoms. The molecule has 0 fully saturated rings. The molecule has 0 atom stereocenters. The predicted octanol–water partition coefficient (Wildman–Crippen LogP) is 6.45. The van der Waals surface area contributed by atoms with Crippen molar-refractivity contribution in [2.45, 2.75) is 58.2 Å². The van der Waals surface area contributed by atoms with Crippen LogP contribution in [0, 0.1) is 11.5 Å². The third-order valence-corrected chi connectivity index (χ3v) is 11.7. The first-order valence-electron chi connectivity index (χ1n) is 9.06. The smallest absolute Gasteiger partial charge is 0.146 e. The van der Waals surface area contributed by atoms with Crippen LogP contribution in [0.4, 0.5) is 5.69 Å². The third-order valence-electron chi connectivity index (χ3n) is 5.43. The maximum atomic E-state index is 3.84. The van der Waals surface area contributed by atoms with Crippen LogP contribution in [0.3, 0.4) is 0 Å². The standard InChI is InChI=1S/C22H31NSi/c1-16(2)24(17(3)4,18(5)6)13-12-21-14-19-10-8-9-11-20(19)15-22(21)23-7/h8-11,14-18,23H,1-7H3. The van der Waals surface area contributed by atoms with E-state index in [2.05, 4.69) is 94.7 Å². The van der Waals surface area contributed by atoms with Crippen LogP contribution in [0.2, 0.25) is 16.6 Å². The first-order chi connectivity index (χ1) is 11.3. The normalized spacial score (nSPS) is 11.9. The van der Waals surface area contributed by atoms with Gasteiger partial charge in [-0.3, -0.25) is 0 Å². The Morgan fingerprint density at radius 2 is 1.33 bits per heavy atom. The molecule has 0 bridgehead atoms. The Labute approximate surface area is 148 Å². The van der Waals surface area contributed by atoms with Gasteiger partial charge >= 0.3 is 0 Å². The highest BCUT2D eigenvalue weighted by molar-refractivity contribution is 6.90. The molecule has 2 aromatic carbocycles. The number of nitrogens with one attached hydrogen (secondary N) is 1. The molecule has 0 radical (unpaired) electrons. The average Bonchev–Trinajstić information content (AvgIpc) is 2.53. The summed E-state index contributed by atoms with van der Waals surface area (Å²) in [7, 11) is 0.277. The molecule has 1 N–H and O–H groups in total. The monoisotopic (exact) mass is 337 g/mol. The van der Waals surface area contributed by atoms with Crippen LogP contribution in [0.1, 0.15) is 47.1 Å². The van der Waals surface area contributed by atoms with Crippen molar-refractivity contribution >= 4 is 24.5 Å². The quantitative estimate of drug-likeness (QED) is 0.499. The number of fused-ring (bicyclic) bond motifs is 1. The summed E-state index contributed by atoms with van der Waals surface area (Å²) in [6.45, 7) is 14.2. The second-order valence-corrected chi connectivity index (χ2v) is 13.2. The Balaban J connectivity index is 2.61. The molecule has 1 nitrogen and oxygen atoms in total.